The highest BCUT2D eigenvalue weighted by Gasteiger charge is 2.18. The van der Waals surface area contributed by atoms with Gasteiger partial charge >= 0.3 is 0 Å². The molecule has 0 saturated carbocycles. The van der Waals surface area contributed by atoms with Gasteiger partial charge in [-0.25, -0.2) is 0 Å². The number of nitriles is 1. The zero-order valence-electron chi connectivity index (χ0n) is 13.4. The van der Waals surface area contributed by atoms with E-state index in [2.05, 4.69) is 21.4 Å². The number of nitrogens with one attached hydrogen (secondary N) is 2. The Bertz CT molecular complexity index is 918. The van der Waals surface area contributed by atoms with Crippen molar-refractivity contribution in [2.45, 2.75) is 13.8 Å². The number of pyridine rings is 1. The third-order valence-corrected chi connectivity index (χ3v) is 3.89. The van der Waals surface area contributed by atoms with Crippen molar-refractivity contribution in [2.75, 3.05) is 5.32 Å². The second kappa shape index (κ2) is 6.39. The summed E-state index contributed by atoms with van der Waals surface area (Å²) in [6.07, 6.45) is 3.26. The van der Waals surface area contributed by atoms with Crippen LogP contribution in [-0.2, 0) is 0 Å². The minimum Gasteiger partial charge on any atom is -0.354 e. The highest BCUT2D eigenvalue weighted by Crippen LogP contribution is 2.30. The number of amides is 1. The van der Waals surface area contributed by atoms with Gasteiger partial charge in [0.1, 0.15) is 5.69 Å². The average molecular weight is 316 g/mol. The number of H-pyrrole nitrogens is 1. The van der Waals surface area contributed by atoms with E-state index in [1.807, 2.05) is 26.0 Å². The van der Waals surface area contributed by atoms with E-state index >= 15 is 0 Å². The molecule has 118 valence electrons. The quantitative estimate of drug-likeness (QED) is 0.770. The standard InChI is InChI=1S/C19H16N4O/c1-12-17(15-7-5-14(10-20)6-8-15)13(2)22-18(12)19(24)23-16-4-3-9-21-11-16/h3-9,11,22H,1-2H3,(H,23,24). The molecule has 2 N–H and O–H groups in total. The number of rotatable bonds is 3. The van der Waals surface area contributed by atoms with Crippen LogP contribution in [0, 0.1) is 25.2 Å². The number of nitrogens with zero attached hydrogens (tertiary/aromatic N) is 2. The summed E-state index contributed by atoms with van der Waals surface area (Å²) < 4.78 is 0. The van der Waals surface area contributed by atoms with E-state index in [9.17, 15) is 4.79 Å². The van der Waals surface area contributed by atoms with Crippen molar-refractivity contribution >= 4 is 11.6 Å². The van der Waals surface area contributed by atoms with Gasteiger partial charge < -0.3 is 10.3 Å². The van der Waals surface area contributed by atoms with Crippen molar-refractivity contribution in [1.82, 2.24) is 9.97 Å². The normalized spacial score (nSPS) is 10.2. The van der Waals surface area contributed by atoms with Crippen LogP contribution >= 0.6 is 0 Å². The van der Waals surface area contributed by atoms with E-state index in [0.717, 1.165) is 22.4 Å². The first kappa shape index (κ1) is 15.5. The Labute approximate surface area is 140 Å². The smallest absolute Gasteiger partial charge is 0.272 e. The molecule has 0 atom stereocenters. The number of aryl methyl sites for hydroxylation is 1. The first-order chi connectivity index (χ1) is 11.6. The van der Waals surface area contributed by atoms with E-state index in [1.54, 1.807) is 36.7 Å². The van der Waals surface area contributed by atoms with Crippen LogP contribution in [0.3, 0.4) is 0 Å². The Morgan fingerprint density at radius 3 is 2.58 bits per heavy atom. The van der Waals surface area contributed by atoms with Gasteiger partial charge in [-0.2, -0.15) is 5.26 Å². The van der Waals surface area contributed by atoms with Crippen LogP contribution in [0.4, 0.5) is 5.69 Å². The van der Waals surface area contributed by atoms with Crippen molar-refractivity contribution in [3.05, 3.63) is 71.3 Å². The van der Waals surface area contributed by atoms with Gasteiger partial charge in [-0.3, -0.25) is 9.78 Å². The predicted molar refractivity (Wildman–Crippen MR) is 92.6 cm³/mol. The lowest BCUT2D eigenvalue weighted by molar-refractivity contribution is 0.102. The largest absolute Gasteiger partial charge is 0.354 e. The summed E-state index contributed by atoms with van der Waals surface area (Å²) in [6, 6.07) is 13.0. The van der Waals surface area contributed by atoms with Gasteiger partial charge in [0.25, 0.3) is 5.91 Å². The lowest BCUT2D eigenvalue weighted by Gasteiger charge is -2.05. The molecule has 0 unspecified atom stereocenters. The Morgan fingerprint density at radius 1 is 1.21 bits per heavy atom. The van der Waals surface area contributed by atoms with E-state index in [-0.39, 0.29) is 5.91 Å². The fourth-order valence-electron chi connectivity index (χ4n) is 2.75. The average Bonchev–Trinajstić information content (AvgIpc) is 2.90. The summed E-state index contributed by atoms with van der Waals surface area (Å²) in [5.74, 6) is -0.205. The molecule has 0 aliphatic rings. The molecule has 5 heteroatoms. The maximum Gasteiger partial charge on any atom is 0.272 e. The van der Waals surface area contributed by atoms with E-state index < -0.39 is 0 Å². The van der Waals surface area contributed by atoms with Gasteiger partial charge in [0, 0.05) is 17.5 Å². The van der Waals surface area contributed by atoms with Crippen LogP contribution < -0.4 is 5.32 Å². The molecule has 2 aromatic heterocycles. The van der Waals surface area contributed by atoms with E-state index in [4.69, 9.17) is 5.26 Å². The van der Waals surface area contributed by atoms with Gasteiger partial charge in [0.05, 0.1) is 23.5 Å². The number of aromatic nitrogens is 2. The van der Waals surface area contributed by atoms with Crippen molar-refractivity contribution < 1.29 is 4.79 Å². The molecule has 0 saturated heterocycles. The molecule has 0 radical (unpaired) electrons. The summed E-state index contributed by atoms with van der Waals surface area (Å²) in [6.45, 7) is 3.84. The Hall–Kier alpha value is -3.39. The molecule has 0 spiro atoms. The van der Waals surface area contributed by atoms with Crippen molar-refractivity contribution in [2.24, 2.45) is 0 Å². The van der Waals surface area contributed by atoms with Crippen molar-refractivity contribution in [3.8, 4) is 17.2 Å². The fraction of sp³-hybridized carbons (Fsp3) is 0.105. The van der Waals surface area contributed by atoms with E-state index in [1.165, 1.54) is 0 Å². The van der Waals surface area contributed by atoms with Crippen LogP contribution in [0.2, 0.25) is 0 Å². The molecule has 3 rings (SSSR count). The van der Waals surface area contributed by atoms with Gasteiger partial charge in [0.2, 0.25) is 0 Å². The van der Waals surface area contributed by atoms with Crippen LogP contribution in [0.15, 0.2) is 48.8 Å². The zero-order chi connectivity index (χ0) is 17.1. The molecule has 2 heterocycles. The highest BCUT2D eigenvalue weighted by atomic mass is 16.1. The van der Waals surface area contributed by atoms with Crippen LogP contribution in [0.25, 0.3) is 11.1 Å². The molecular weight excluding hydrogens is 300 g/mol. The fourth-order valence-corrected chi connectivity index (χ4v) is 2.75. The second-order valence-corrected chi connectivity index (χ2v) is 5.51. The van der Waals surface area contributed by atoms with Crippen molar-refractivity contribution in [3.63, 3.8) is 0 Å². The topological polar surface area (TPSA) is 81.6 Å². The molecule has 0 aliphatic carbocycles. The van der Waals surface area contributed by atoms with E-state index in [0.29, 0.717) is 16.9 Å². The summed E-state index contributed by atoms with van der Waals surface area (Å²) in [5, 5.41) is 11.7. The molecule has 1 aromatic carbocycles. The molecule has 3 aromatic rings. The molecular formula is C19H16N4O. The molecule has 24 heavy (non-hydrogen) atoms. The minimum absolute atomic E-state index is 0.205. The third kappa shape index (κ3) is 2.90. The van der Waals surface area contributed by atoms with Crippen LogP contribution in [0.1, 0.15) is 27.3 Å². The zero-order valence-corrected chi connectivity index (χ0v) is 13.4. The summed E-state index contributed by atoms with van der Waals surface area (Å²) in [7, 11) is 0. The maximum atomic E-state index is 12.5. The van der Waals surface area contributed by atoms with Gasteiger partial charge in [-0.15, -0.1) is 0 Å². The SMILES string of the molecule is Cc1[nH]c(C(=O)Nc2cccnc2)c(C)c1-c1ccc(C#N)cc1. The first-order valence-electron chi connectivity index (χ1n) is 7.51. The lowest BCUT2D eigenvalue weighted by atomic mass is 10.00. The molecule has 5 nitrogen and oxygen atoms in total. The summed E-state index contributed by atoms with van der Waals surface area (Å²) in [4.78, 5) is 19.7. The lowest BCUT2D eigenvalue weighted by Crippen LogP contribution is -2.13. The van der Waals surface area contributed by atoms with Crippen molar-refractivity contribution in [1.29, 1.82) is 5.26 Å². The third-order valence-electron chi connectivity index (χ3n) is 3.89. The number of anilines is 1. The predicted octanol–water partition coefficient (Wildman–Crippen LogP) is 3.82. The van der Waals surface area contributed by atoms with Gasteiger partial charge in [-0.1, -0.05) is 12.1 Å². The highest BCUT2D eigenvalue weighted by molar-refractivity contribution is 6.05. The van der Waals surface area contributed by atoms with Crippen LogP contribution in [-0.4, -0.2) is 15.9 Å². The maximum absolute atomic E-state index is 12.5. The molecule has 0 aliphatic heterocycles. The van der Waals surface area contributed by atoms with Gasteiger partial charge in [-0.05, 0) is 49.2 Å². The number of hydrogen-bond acceptors (Lipinski definition) is 3. The Balaban J connectivity index is 1.94. The number of hydrogen-bond donors (Lipinski definition) is 2. The molecule has 1 amide bonds. The first-order valence-corrected chi connectivity index (χ1v) is 7.51. The minimum atomic E-state index is -0.205. The molecule has 0 bridgehead atoms. The summed E-state index contributed by atoms with van der Waals surface area (Å²) >= 11 is 0. The number of benzene rings is 1. The Morgan fingerprint density at radius 2 is 1.96 bits per heavy atom. The Kier molecular flexibility index (Phi) is 4.13. The molecule has 0 fully saturated rings. The van der Waals surface area contributed by atoms with Gasteiger partial charge in [0.15, 0.2) is 0 Å². The second-order valence-electron chi connectivity index (χ2n) is 5.51. The van der Waals surface area contributed by atoms with Crippen LogP contribution in [0.5, 0.6) is 0 Å². The monoisotopic (exact) mass is 316 g/mol. The summed E-state index contributed by atoms with van der Waals surface area (Å²) in [5.41, 5.74) is 5.52. The number of carbonyl (C=O) groups excluding carboxylic acids is 1. The number of aromatic amines is 1. The number of carbonyl (C=O) groups is 1.